The second kappa shape index (κ2) is 13.9. The van der Waals surface area contributed by atoms with Crippen molar-refractivity contribution >= 4 is 57.7 Å². The smallest absolute Gasteiger partial charge is 0.410 e. The zero-order valence-electron chi connectivity index (χ0n) is 25.6. The molecule has 0 spiro atoms. The number of anilines is 4. The van der Waals surface area contributed by atoms with E-state index in [0.717, 1.165) is 38.5 Å². The first-order chi connectivity index (χ1) is 22.3. The number of carbonyl (C=O) groups is 2. The van der Waals surface area contributed by atoms with Crippen LogP contribution in [0.15, 0.2) is 101 Å². The van der Waals surface area contributed by atoms with Crippen molar-refractivity contribution in [1.29, 1.82) is 0 Å². The van der Waals surface area contributed by atoms with Gasteiger partial charge in [0.15, 0.2) is 5.65 Å². The number of amides is 2. The van der Waals surface area contributed by atoms with Gasteiger partial charge in [0.1, 0.15) is 24.8 Å². The van der Waals surface area contributed by atoms with Gasteiger partial charge in [-0.1, -0.05) is 55.9 Å². The van der Waals surface area contributed by atoms with Crippen molar-refractivity contribution in [2.75, 3.05) is 22.9 Å². The summed E-state index contributed by atoms with van der Waals surface area (Å²) in [5, 5.41) is 7.27. The van der Waals surface area contributed by atoms with Crippen molar-refractivity contribution in [1.82, 2.24) is 19.9 Å². The van der Waals surface area contributed by atoms with Crippen LogP contribution in [0.25, 0.3) is 11.0 Å². The van der Waals surface area contributed by atoms with Gasteiger partial charge in [-0.15, -0.1) is 0 Å². The Labute approximate surface area is 271 Å². The van der Waals surface area contributed by atoms with E-state index < -0.39 is 12.1 Å². The summed E-state index contributed by atoms with van der Waals surface area (Å²) < 4.78 is 5.53. The van der Waals surface area contributed by atoms with Gasteiger partial charge in [0.05, 0.1) is 11.1 Å². The zero-order chi connectivity index (χ0) is 32.0. The second-order valence-electron chi connectivity index (χ2n) is 11.4. The van der Waals surface area contributed by atoms with Crippen LogP contribution in [0.1, 0.15) is 43.9 Å². The molecule has 234 valence electrons. The number of benzene rings is 3. The molecule has 3 heterocycles. The van der Waals surface area contributed by atoms with E-state index in [-0.39, 0.29) is 18.4 Å². The SMILES string of the molecule is CC(C)c1ccc2c(Nc3cc(NC(=O)[C@@H]4CCCN4C(=O)OCc4ccccc4)ccc3Sc3ccc(N)cc3)ncnc2n1. The molecular weight excluding hydrogens is 598 g/mol. The van der Waals surface area contributed by atoms with E-state index in [0.29, 0.717) is 35.8 Å². The highest BCUT2D eigenvalue weighted by atomic mass is 32.2. The molecule has 0 aliphatic carbocycles. The molecule has 0 unspecified atom stereocenters. The van der Waals surface area contributed by atoms with Gasteiger partial charge in [0, 0.05) is 33.4 Å². The van der Waals surface area contributed by atoms with E-state index in [2.05, 4.69) is 34.4 Å². The Hall–Kier alpha value is -5.16. The maximum absolute atomic E-state index is 13.5. The number of ether oxygens (including phenoxy) is 1. The molecule has 2 amide bonds. The number of pyridine rings is 1. The highest BCUT2D eigenvalue weighted by molar-refractivity contribution is 7.99. The van der Waals surface area contributed by atoms with Crippen LogP contribution in [-0.4, -0.2) is 44.4 Å². The minimum atomic E-state index is -0.629. The number of carbonyl (C=O) groups excluding carboxylic acids is 2. The van der Waals surface area contributed by atoms with Crippen LogP contribution in [0.4, 0.5) is 27.7 Å². The Morgan fingerprint density at radius 3 is 2.61 bits per heavy atom. The van der Waals surface area contributed by atoms with E-state index in [1.54, 1.807) is 11.8 Å². The Bertz CT molecular complexity index is 1850. The van der Waals surface area contributed by atoms with Crippen molar-refractivity contribution in [2.24, 2.45) is 0 Å². The summed E-state index contributed by atoms with van der Waals surface area (Å²) in [5.41, 5.74) is 10.3. The molecule has 6 rings (SSSR count). The van der Waals surface area contributed by atoms with Gasteiger partial charge in [-0.2, -0.15) is 0 Å². The summed E-state index contributed by atoms with van der Waals surface area (Å²) in [5.74, 6) is 0.594. The lowest BCUT2D eigenvalue weighted by Gasteiger charge is -2.23. The fourth-order valence-electron chi connectivity index (χ4n) is 5.25. The molecule has 1 atom stereocenters. The third-order valence-electron chi connectivity index (χ3n) is 7.71. The molecule has 0 saturated carbocycles. The van der Waals surface area contributed by atoms with Crippen molar-refractivity contribution < 1.29 is 14.3 Å². The normalized spacial score (nSPS) is 14.4. The fraction of sp³-hybridized carbons (Fsp3) is 0.229. The van der Waals surface area contributed by atoms with Crippen molar-refractivity contribution in [2.45, 2.75) is 55.0 Å². The third kappa shape index (κ3) is 7.21. The quantitative estimate of drug-likeness (QED) is 0.142. The van der Waals surface area contributed by atoms with Crippen LogP contribution in [0.2, 0.25) is 0 Å². The molecule has 1 aliphatic rings. The Morgan fingerprint density at radius 2 is 1.83 bits per heavy atom. The molecule has 0 radical (unpaired) electrons. The summed E-state index contributed by atoms with van der Waals surface area (Å²) >= 11 is 1.56. The second-order valence-corrected chi connectivity index (χ2v) is 12.5. The summed E-state index contributed by atoms with van der Waals surface area (Å²) in [6.07, 6.45) is 2.27. The molecule has 0 bridgehead atoms. The molecule has 11 heteroatoms. The van der Waals surface area contributed by atoms with E-state index >= 15 is 0 Å². The first-order valence-corrected chi connectivity index (χ1v) is 16.0. The lowest BCUT2D eigenvalue weighted by atomic mass is 10.1. The topological polar surface area (TPSA) is 135 Å². The highest BCUT2D eigenvalue weighted by Crippen LogP contribution is 2.38. The van der Waals surface area contributed by atoms with Crippen molar-refractivity contribution in [3.8, 4) is 0 Å². The minimum absolute atomic E-state index is 0.151. The predicted molar refractivity (Wildman–Crippen MR) is 181 cm³/mol. The van der Waals surface area contributed by atoms with Gasteiger partial charge < -0.3 is 21.1 Å². The molecule has 1 saturated heterocycles. The average Bonchev–Trinajstić information content (AvgIpc) is 3.57. The van der Waals surface area contributed by atoms with Gasteiger partial charge in [-0.05, 0) is 78.9 Å². The lowest BCUT2D eigenvalue weighted by molar-refractivity contribution is -0.120. The Morgan fingerprint density at radius 1 is 1.02 bits per heavy atom. The van der Waals surface area contributed by atoms with Crippen LogP contribution in [0, 0.1) is 0 Å². The van der Waals surface area contributed by atoms with Crippen LogP contribution in [0.5, 0.6) is 0 Å². The number of nitrogens with zero attached hydrogens (tertiary/aromatic N) is 4. The molecule has 3 aromatic carbocycles. The molecule has 4 N–H and O–H groups in total. The fourth-order valence-corrected chi connectivity index (χ4v) is 6.13. The molecule has 10 nitrogen and oxygen atoms in total. The third-order valence-corrected chi connectivity index (χ3v) is 8.80. The Balaban J connectivity index is 1.24. The first kappa shape index (κ1) is 30.8. The molecule has 46 heavy (non-hydrogen) atoms. The molecule has 5 aromatic rings. The van der Waals surface area contributed by atoms with Crippen LogP contribution >= 0.6 is 11.8 Å². The number of hydrogen-bond acceptors (Lipinski definition) is 9. The maximum atomic E-state index is 13.5. The highest BCUT2D eigenvalue weighted by Gasteiger charge is 2.35. The summed E-state index contributed by atoms with van der Waals surface area (Å²) in [6.45, 7) is 4.79. The van der Waals surface area contributed by atoms with E-state index in [9.17, 15) is 9.59 Å². The van der Waals surface area contributed by atoms with Crippen molar-refractivity contribution in [3.63, 3.8) is 0 Å². The molecular formula is C35H35N7O3S. The lowest BCUT2D eigenvalue weighted by Crippen LogP contribution is -2.43. The average molecular weight is 634 g/mol. The summed E-state index contributed by atoms with van der Waals surface area (Å²) in [6, 6.07) is 26.1. The monoisotopic (exact) mass is 633 g/mol. The number of nitrogen functional groups attached to an aromatic ring is 1. The number of rotatable bonds is 9. The van der Waals surface area contributed by atoms with Gasteiger partial charge in [-0.25, -0.2) is 19.7 Å². The summed E-state index contributed by atoms with van der Waals surface area (Å²) in [7, 11) is 0. The van der Waals surface area contributed by atoms with Crippen LogP contribution in [-0.2, 0) is 16.1 Å². The molecule has 2 aromatic heterocycles. The number of fused-ring (bicyclic) bond motifs is 1. The van der Waals surface area contributed by atoms with E-state index in [4.69, 9.17) is 15.5 Å². The molecule has 1 fully saturated rings. The number of hydrogen-bond donors (Lipinski definition) is 3. The van der Waals surface area contributed by atoms with Gasteiger partial charge in [0.25, 0.3) is 0 Å². The van der Waals surface area contributed by atoms with Crippen LogP contribution < -0.4 is 16.4 Å². The number of nitrogens with one attached hydrogen (secondary N) is 2. The maximum Gasteiger partial charge on any atom is 0.410 e. The van der Waals surface area contributed by atoms with Gasteiger partial charge >= 0.3 is 6.09 Å². The largest absolute Gasteiger partial charge is 0.445 e. The number of likely N-dealkylation sites (tertiary alicyclic amines) is 1. The number of nitrogens with two attached hydrogens (primary N) is 1. The van der Waals surface area contributed by atoms with E-state index in [1.807, 2.05) is 84.9 Å². The predicted octanol–water partition coefficient (Wildman–Crippen LogP) is 7.36. The van der Waals surface area contributed by atoms with E-state index in [1.165, 1.54) is 11.2 Å². The van der Waals surface area contributed by atoms with Crippen LogP contribution in [0.3, 0.4) is 0 Å². The molecule has 1 aliphatic heterocycles. The van der Waals surface area contributed by atoms with Gasteiger partial charge in [-0.3, -0.25) is 9.69 Å². The minimum Gasteiger partial charge on any atom is -0.445 e. The zero-order valence-corrected chi connectivity index (χ0v) is 26.5. The number of aromatic nitrogens is 3. The Kier molecular flexibility index (Phi) is 9.30. The first-order valence-electron chi connectivity index (χ1n) is 15.2. The van der Waals surface area contributed by atoms with Gasteiger partial charge in [0.2, 0.25) is 5.91 Å². The summed E-state index contributed by atoms with van der Waals surface area (Å²) in [4.78, 5) is 43.5. The van der Waals surface area contributed by atoms with Crippen molar-refractivity contribution in [3.05, 3.63) is 103 Å². The standard InChI is InChI=1S/C35H35N7O3S/c1-22(2)28-16-15-27-32(40-28)37-21-38-33(27)41-29-19-25(12-17-31(29)46-26-13-10-24(36)11-14-26)39-34(43)30-9-6-18-42(30)35(44)45-20-23-7-4-3-5-8-23/h3-5,7-8,10-17,19,21-22,30H,6,9,18,20,36H2,1-2H3,(H,39,43)(H,37,38,40,41)/t30-/m0/s1.